The molecule has 0 aliphatic carbocycles. The molecule has 1 atom stereocenters. The van der Waals surface area contributed by atoms with E-state index in [-0.39, 0.29) is 5.91 Å². The molecule has 0 bridgehead atoms. The number of alkyl halides is 2. The van der Waals surface area contributed by atoms with Crippen LogP contribution in [0.25, 0.3) is 0 Å². The molecule has 0 radical (unpaired) electrons. The largest absolute Gasteiger partial charge is 0.481 e. The summed E-state index contributed by atoms with van der Waals surface area (Å²) in [6.45, 7) is 3.59. The number of hydrogen-bond acceptors (Lipinski definition) is 3. The van der Waals surface area contributed by atoms with Crippen LogP contribution in [0.4, 0.5) is 14.5 Å². The number of aryl methyl sites for hydroxylation is 1. The molecule has 0 aromatic heterocycles. The Balaban J connectivity index is 1.92. The summed E-state index contributed by atoms with van der Waals surface area (Å²) in [6, 6.07) is 13.7. The number of ether oxygens (including phenoxy) is 1. The molecular weight excluding hydrogens is 320 g/mol. The number of carbonyl (C=O) groups excluding carboxylic acids is 1. The Labute approximate surface area is 138 Å². The summed E-state index contributed by atoms with van der Waals surface area (Å²) >= 11 is 0.465. The van der Waals surface area contributed by atoms with Gasteiger partial charge in [0, 0.05) is 10.6 Å². The van der Waals surface area contributed by atoms with Crippen LogP contribution in [0.1, 0.15) is 12.5 Å². The highest BCUT2D eigenvalue weighted by molar-refractivity contribution is 7.99. The van der Waals surface area contributed by atoms with Crippen LogP contribution in [-0.2, 0) is 4.79 Å². The molecule has 0 saturated heterocycles. The molecule has 2 aromatic rings. The van der Waals surface area contributed by atoms with Gasteiger partial charge in [0.1, 0.15) is 5.75 Å². The van der Waals surface area contributed by atoms with Crippen molar-refractivity contribution in [1.29, 1.82) is 0 Å². The van der Waals surface area contributed by atoms with Gasteiger partial charge < -0.3 is 10.1 Å². The zero-order valence-electron chi connectivity index (χ0n) is 12.8. The maximum Gasteiger partial charge on any atom is 0.288 e. The van der Waals surface area contributed by atoms with Crippen LogP contribution in [0, 0.1) is 6.92 Å². The molecule has 6 heteroatoms. The Morgan fingerprint density at radius 3 is 2.48 bits per heavy atom. The fourth-order valence-electron chi connectivity index (χ4n) is 1.91. The lowest BCUT2D eigenvalue weighted by atomic mass is 10.2. The predicted molar refractivity (Wildman–Crippen MR) is 88.2 cm³/mol. The number of halogens is 2. The lowest BCUT2D eigenvalue weighted by Gasteiger charge is -2.15. The molecule has 122 valence electrons. The van der Waals surface area contributed by atoms with E-state index in [0.29, 0.717) is 28.1 Å². The van der Waals surface area contributed by atoms with Gasteiger partial charge in [0.2, 0.25) is 0 Å². The third-order valence-electron chi connectivity index (χ3n) is 3.02. The van der Waals surface area contributed by atoms with E-state index in [2.05, 4.69) is 5.32 Å². The number of carbonyl (C=O) groups is 1. The van der Waals surface area contributed by atoms with E-state index in [1.807, 2.05) is 25.1 Å². The Hall–Kier alpha value is -2.08. The van der Waals surface area contributed by atoms with E-state index in [9.17, 15) is 13.6 Å². The fraction of sp³-hybridized carbons (Fsp3) is 0.235. The molecule has 0 aliphatic heterocycles. The van der Waals surface area contributed by atoms with E-state index >= 15 is 0 Å². The number of thioether (sulfide) groups is 1. The van der Waals surface area contributed by atoms with Crippen LogP contribution in [0.3, 0.4) is 0 Å². The van der Waals surface area contributed by atoms with E-state index in [4.69, 9.17) is 4.74 Å². The Morgan fingerprint density at radius 1 is 1.17 bits per heavy atom. The number of rotatable bonds is 6. The Morgan fingerprint density at radius 2 is 1.87 bits per heavy atom. The number of hydrogen-bond donors (Lipinski definition) is 1. The summed E-state index contributed by atoms with van der Waals surface area (Å²) in [4.78, 5) is 12.5. The standard InChI is InChI=1S/C17H17F2NO2S/c1-11-4-3-5-14(10-11)22-12(2)16(21)20-13-6-8-15(9-7-13)23-17(18)19/h3-10,12,17H,1-2H3,(H,20,21). The monoisotopic (exact) mass is 337 g/mol. The Kier molecular flexibility index (Phi) is 5.98. The van der Waals surface area contributed by atoms with Gasteiger partial charge in [-0.1, -0.05) is 23.9 Å². The van der Waals surface area contributed by atoms with Gasteiger partial charge in [-0.05, 0) is 55.8 Å². The van der Waals surface area contributed by atoms with Crippen molar-refractivity contribution in [3.63, 3.8) is 0 Å². The molecule has 2 aromatic carbocycles. The third kappa shape index (κ3) is 5.56. The number of anilines is 1. The van der Waals surface area contributed by atoms with Gasteiger partial charge in [-0.2, -0.15) is 8.78 Å². The minimum Gasteiger partial charge on any atom is -0.481 e. The summed E-state index contributed by atoms with van der Waals surface area (Å²) in [5.74, 6) is -2.14. The van der Waals surface area contributed by atoms with Crippen molar-refractivity contribution in [1.82, 2.24) is 0 Å². The molecule has 0 spiro atoms. The molecular formula is C17H17F2NO2S. The van der Waals surface area contributed by atoms with Gasteiger partial charge >= 0.3 is 0 Å². The molecule has 23 heavy (non-hydrogen) atoms. The normalized spacial score (nSPS) is 12.0. The number of amides is 1. The summed E-state index contributed by atoms with van der Waals surface area (Å²) < 4.78 is 30.1. The second-order valence-corrected chi connectivity index (χ2v) is 6.03. The average molecular weight is 337 g/mol. The summed E-state index contributed by atoms with van der Waals surface area (Å²) in [5.41, 5.74) is 1.58. The molecule has 0 fully saturated rings. The van der Waals surface area contributed by atoms with Gasteiger partial charge in [-0.15, -0.1) is 0 Å². The van der Waals surface area contributed by atoms with Crippen LogP contribution in [0.2, 0.25) is 0 Å². The maximum absolute atomic E-state index is 12.2. The summed E-state index contributed by atoms with van der Waals surface area (Å²) in [5, 5.41) is 2.70. The molecule has 0 aliphatic rings. The van der Waals surface area contributed by atoms with Crippen LogP contribution in [-0.4, -0.2) is 17.8 Å². The van der Waals surface area contributed by atoms with Crippen LogP contribution < -0.4 is 10.1 Å². The Bertz CT molecular complexity index is 662. The first-order valence-electron chi connectivity index (χ1n) is 7.03. The molecule has 1 amide bonds. The highest BCUT2D eigenvalue weighted by Gasteiger charge is 2.15. The minimum absolute atomic E-state index is 0.305. The highest BCUT2D eigenvalue weighted by Crippen LogP contribution is 2.26. The van der Waals surface area contributed by atoms with Gasteiger partial charge in [0.25, 0.3) is 11.7 Å². The topological polar surface area (TPSA) is 38.3 Å². The second kappa shape index (κ2) is 7.97. The maximum atomic E-state index is 12.2. The first-order valence-corrected chi connectivity index (χ1v) is 7.91. The average Bonchev–Trinajstić information content (AvgIpc) is 2.48. The van der Waals surface area contributed by atoms with Crippen molar-refractivity contribution >= 4 is 23.4 Å². The molecule has 2 rings (SSSR count). The zero-order chi connectivity index (χ0) is 16.8. The second-order valence-electron chi connectivity index (χ2n) is 4.97. The number of nitrogens with one attached hydrogen (secondary N) is 1. The van der Waals surface area contributed by atoms with Crippen molar-refractivity contribution in [2.75, 3.05) is 5.32 Å². The first kappa shape index (κ1) is 17.3. The van der Waals surface area contributed by atoms with Crippen molar-refractivity contribution < 1.29 is 18.3 Å². The third-order valence-corrected chi connectivity index (χ3v) is 3.74. The van der Waals surface area contributed by atoms with E-state index in [0.717, 1.165) is 5.56 Å². The van der Waals surface area contributed by atoms with E-state index < -0.39 is 11.9 Å². The van der Waals surface area contributed by atoms with Gasteiger partial charge in [-0.25, -0.2) is 0 Å². The highest BCUT2D eigenvalue weighted by atomic mass is 32.2. The lowest BCUT2D eigenvalue weighted by Crippen LogP contribution is -2.30. The molecule has 0 heterocycles. The molecule has 3 nitrogen and oxygen atoms in total. The van der Waals surface area contributed by atoms with Crippen LogP contribution in [0.15, 0.2) is 53.4 Å². The fourth-order valence-corrected chi connectivity index (χ4v) is 2.41. The summed E-state index contributed by atoms with van der Waals surface area (Å²) in [7, 11) is 0. The summed E-state index contributed by atoms with van der Waals surface area (Å²) in [6.07, 6.45) is -0.674. The molecule has 0 saturated carbocycles. The van der Waals surface area contributed by atoms with Gasteiger partial charge in [0.15, 0.2) is 6.10 Å². The van der Waals surface area contributed by atoms with Crippen LogP contribution >= 0.6 is 11.8 Å². The number of benzene rings is 2. The van der Waals surface area contributed by atoms with Crippen LogP contribution in [0.5, 0.6) is 5.75 Å². The van der Waals surface area contributed by atoms with E-state index in [1.165, 1.54) is 0 Å². The van der Waals surface area contributed by atoms with Crippen molar-refractivity contribution in [2.24, 2.45) is 0 Å². The van der Waals surface area contributed by atoms with Crippen molar-refractivity contribution in [3.8, 4) is 5.75 Å². The first-order chi connectivity index (χ1) is 10.9. The van der Waals surface area contributed by atoms with E-state index in [1.54, 1.807) is 37.3 Å². The van der Waals surface area contributed by atoms with Gasteiger partial charge in [0.05, 0.1) is 0 Å². The van der Waals surface area contributed by atoms with Crippen molar-refractivity contribution in [2.45, 2.75) is 30.6 Å². The minimum atomic E-state index is -2.46. The zero-order valence-corrected chi connectivity index (χ0v) is 13.6. The quantitative estimate of drug-likeness (QED) is 0.776. The molecule has 1 unspecified atom stereocenters. The van der Waals surface area contributed by atoms with Gasteiger partial charge in [-0.3, -0.25) is 4.79 Å². The smallest absolute Gasteiger partial charge is 0.288 e. The van der Waals surface area contributed by atoms with Crippen molar-refractivity contribution in [3.05, 3.63) is 54.1 Å². The lowest BCUT2D eigenvalue weighted by molar-refractivity contribution is -0.122. The molecule has 1 N–H and O–H groups in total. The predicted octanol–water partition coefficient (Wildman–Crippen LogP) is 4.72. The SMILES string of the molecule is Cc1cccc(OC(C)C(=O)Nc2ccc(SC(F)F)cc2)c1.